The third-order valence-electron chi connectivity index (χ3n) is 19.1. The lowest BCUT2D eigenvalue weighted by molar-refractivity contribution is 0.590. The summed E-state index contributed by atoms with van der Waals surface area (Å²) in [5.41, 5.74) is 32.8. The van der Waals surface area contributed by atoms with Gasteiger partial charge >= 0.3 is 0 Å². The van der Waals surface area contributed by atoms with E-state index in [2.05, 4.69) is 337 Å². The van der Waals surface area contributed by atoms with Crippen LogP contribution in [0, 0.1) is 13.8 Å². The van der Waals surface area contributed by atoms with Crippen molar-refractivity contribution in [3.8, 4) is 33.4 Å². The van der Waals surface area contributed by atoms with Gasteiger partial charge in [0.2, 0.25) is 0 Å². The molecule has 0 unspecified atom stereocenters. The van der Waals surface area contributed by atoms with E-state index in [1.54, 1.807) is 0 Å². The Morgan fingerprint density at radius 1 is 0.259 bits per heavy atom. The lowest BCUT2D eigenvalue weighted by Gasteiger charge is -2.29. The summed E-state index contributed by atoms with van der Waals surface area (Å²) in [7, 11) is 0. The molecule has 422 valence electrons. The number of benzene rings is 10. The van der Waals surface area contributed by atoms with Gasteiger partial charge in [-0.15, -0.1) is 0 Å². The second-order valence-corrected chi connectivity index (χ2v) is 28.2. The molecule has 0 bridgehead atoms. The predicted molar refractivity (Wildman–Crippen MR) is 366 cm³/mol. The Morgan fingerprint density at radius 2 is 0.471 bits per heavy atom. The highest BCUT2D eigenvalue weighted by molar-refractivity contribution is 5.90. The van der Waals surface area contributed by atoms with Gasteiger partial charge in [-0.25, -0.2) is 0 Å². The minimum atomic E-state index is -0.181. The fraction of sp³-hybridized carbons (Fsp3) is 0.229. The molecule has 0 aliphatic heterocycles. The van der Waals surface area contributed by atoms with Crippen LogP contribution in [0.3, 0.4) is 0 Å². The zero-order valence-electron chi connectivity index (χ0n) is 52.3. The van der Waals surface area contributed by atoms with E-state index in [0.29, 0.717) is 0 Å². The average molecular weight is 1110 g/mol. The number of aryl methyl sites for hydroxylation is 2. The molecule has 2 nitrogen and oxygen atoms in total. The van der Waals surface area contributed by atoms with Crippen molar-refractivity contribution in [1.29, 1.82) is 0 Å². The number of fused-ring (bicyclic) bond motifs is 9. The molecule has 0 saturated carbocycles. The lowest BCUT2D eigenvalue weighted by Crippen LogP contribution is -2.17. The predicted octanol–water partition coefficient (Wildman–Crippen LogP) is 23.1. The molecule has 0 aromatic heterocycles. The molecule has 3 aliphatic carbocycles. The summed E-state index contributed by atoms with van der Waals surface area (Å²) in [5.74, 6) is 0. The molecule has 85 heavy (non-hydrogen) atoms. The SMILES string of the molecule is Cc1ccc(N(c2ccc(C(C)(C)C)cc2)c2ccc3c(c2)C(C)(C)c2cc(C=Cc4ccc5c(c4)C(C)(C)c4cc(C=Cc6ccc7c(c6)C(C)(C)c6cc(N(c8ccc(C)cc8)c8ccc(C(C)(C)C)cc8)ccc6-7)ccc4-5)ccc2-3)cc1. The summed E-state index contributed by atoms with van der Waals surface area (Å²) in [6, 6.07) is 78.5. The average Bonchev–Trinajstić information content (AvgIpc) is 1.92. The Bertz CT molecular complexity index is 4040. The van der Waals surface area contributed by atoms with Gasteiger partial charge in [0.25, 0.3) is 0 Å². The number of hydrogen-bond donors (Lipinski definition) is 0. The van der Waals surface area contributed by atoms with Gasteiger partial charge in [0, 0.05) is 50.4 Å². The molecule has 2 heteroatoms. The first-order valence-electron chi connectivity index (χ1n) is 30.6. The van der Waals surface area contributed by atoms with E-state index in [1.165, 1.54) is 123 Å². The normalized spacial score (nSPS) is 14.9. The van der Waals surface area contributed by atoms with Gasteiger partial charge < -0.3 is 9.80 Å². The second-order valence-electron chi connectivity index (χ2n) is 28.2. The molecule has 0 spiro atoms. The fourth-order valence-electron chi connectivity index (χ4n) is 13.8. The van der Waals surface area contributed by atoms with Gasteiger partial charge in [-0.2, -0.15) is 0 Å². The van der Waals surface area contributed by atoms with Crippen LogP contribution in [-0.4, -0.2) is 0 Å². The number of nitrogens with zero attached hydrogens (tertiary/aromatic N) is 2. The van der Waals surface area contributed by atoms with Crippen LogP contribution in [0.5, 0.6) is 0 Å². The number of rotatable bonds is 10. The van der Waals surface area contributed by atoms with Crippen LogP contribution >= 0.6 is 0 Å². The van der Waals surface area contributed by atoms with E-state index in [-0.39, 0.29) is 27.1 Å². The van der Waals surface area contributed by atoms with Crippen molar-refractivity contribution >= 4 is 58.4 Å². The Kier molecular flexibility index (Phi) is 13.2. The van der Waals surface area contributed by atoms with Crippen LogP contribution in [0.4, 0.5) is 34.1 Å². The van der Waals surface area contributed by atoms with Crippen molar-refractivity contribution in [1.82, 2.24) is 0 Å². The van der Waals surface area contributed by atoms with Crippen molar-refractivity contribution in [2.75, 3.05) is 9.80 Å². The quantitative estimate of drug-likeness (QED) is 0.126. The highest BCUT2D eigenvalue weighted by Crippen LogP contribution is 2.54. The van der Waals surface area contributed by atoms with Crippen LogP contribution in [0.15, 0.2) is 206 Å². The molecule has 0 atom stereocenters. The molecule has 0 fully saturated rings. The minimum absolute atomic E-state index is 0.0844. The maximum atomic E-state index is 2.43. The third kappa shape index (κ3) is 9.78. The van der Waals surface area contributed by atoms with Crippen molar-refractivity contribution in [2.24, 2.45) is 0 Å². The van der Waals surface area contributed by atoms with Gasteiger partial charge in [-0.1, -0.05) is 252 Å². The highest BCUT2D eigenvalue weighted by atomic mass is 15.1. The maximum absolute atomic E-state index is 2.43. The van der Waals surface area contributed by atoms with Crippen molar-refractivity contribution in [3.63, 3.8) is 0 Å². The first kappa shape index (κ1) is 55.5. The summed E-state index contributed by atoms with van der Waals surface area (Å²) in [4.78, 5) is 4.81. The Hall–Kier alpha value is -8.72. The number of anilines is 6. The summed E-state index contributed by atoms with van der Waals surface area (Å²) < 4.78 is 0. The van der Waals surface area contributed by atoms with Gasteiger partial charge in [-0.3, -0.25) is 0 Å². The molecule has 10 aromatic carbocycles. The topological polar surface area (TPSA) is 6.48 Å². The Labute approximate surface area is 506 Å². The van der Waals surface area contributed by atoms with Crippen LogP contribution in [-0.2, 0) is 27.1 Å². The van der Waals surface area contributed by atoms with Crippen molar-refractivity contribution < 1.29 is 0 Å². The van der Waals surface area contributed by atoms with Gasteiger partial charge in [0.15, 0.2) is 0 Å². The second kappa shape index (κ2) is 20.2. The molecule has 0 saturated heterocycles. The first-order valence-corrected chi connectivity index (χ1v) is 30.6. The molecule has 0 N–H and O–H groups in total. The van der Waals surface area contributed by atoms with Crippen molar-refractivity contribution in [2.45, 2.75) is 124 Å². The molecule has 10 aromatic rings. The van der Waals surface area contributed by atoms with Crippen LogP contribution in [0.25, 0.3) is 57.7 Å². The van der Waals surface area contributed by atoms with E-state index >= 15 is 0 Å². The Morgan fingerprint density at radius 3 is 0.718 bits per heavy atom. The monoisotopic (exact) mass is 1100 g/mol. The van der Waals surface area contributed by atoms with Crippen LogP contribution < -0.4 is 9.80 Å². The highest BCUT2D eigenvalue weighted by Gasteiger charge is 2.39. The number of hydrogen-bond acceptors (Lipinski definition) is 2. The smallest absolute Gasteiger partial charge is 0.0465 e. The molecule has 3 aliphatic rings. The van der Waals surface area contributed by atoms with E-state index in [0.717, 1.165) is 22.7 Å². The van der Waals surface area contributed by atoms with Crippen molar-refractivity contribution in [3.05, 3.63) is 284 Å². The van der Waals surface area contributed by atoms with E-state index in [1.807, 2.05) is 0 Å². The summed E-state index contributed by atoms with van der Waals surface area (Å²) in [6.45, 7) is 32.3. The lowest BCUT2D eigenvalue weighted by atomic mass is 9.81. The fourth-order valence-corrected chi connectivity index (χ4v) is 13.8. The molecule has 0 radical (unpaired) electrons. The van der Waals surface area contributed by atoms with E-state index in [4.69, 9.17) is 0 Å². The van der Waals surface area contributed by atoms with Gasteiger partial charge in [0.1, 0.15) is 0 Å². The van der Waals surface area contributed by atoms with Crippen LogP contribution in [0.1, 0.15) is 161 Å². The standard InChI is InChI=1S/C83H80N2/c1-53-15-31-61(32-16-53)84(63-35-27-59(28-36-63)79(3,4)5)65-39-45-71-69-43-25-57(49-75(69)82(11,12)77(71)51-65)21-19-55-23-41-67-68-42-24-56(48-74(68)81(9,10)73(67)47-55)20-22-58-26-44-70-72-46-40-66(52-78(72)83(13,14)76(70)50-58)85(62-33-17-54(2)18-34-62)64-37-29-60(30-38-64)80(6,7)8/h15-52H,1-14H3. The van der Waals surface area contributed by atoms with Crippen LogP contribution in [0.2, 0.25) is 0 Å². The van der Waals surface area contributed by atoms with E-state index in [9.17, 15) is 0 Å². The Balaban J connectivity index is 0.725. The minimum Gasteiger partial charge on any atom is -0.310 e. The molecular weight excluding hydrogens is 1020 g/mol. The maximum Gasteiger partial charge on any atom is 0.0465 e. The summed E-state index contributed by atoms with van der Waals surface area (Å²) in [6.07, 6.45) is 9.20. The summed E-state index contributed by atoms with van der Waals surface area (Å²) in [5, 5.41) is 0. The summed E-state index contributed by atoms with van der Waals surface area (Å²) >= 11 is 0. The van der Waals surface area contributed by atoms with Gasteiger partial charge in [0.05, 0.1) is 0 Å². The molecule has 0 heterocycles. The zero-order valence-corrected chi connectivity index (χ0v) is 52.3. The first-order chi connectivity index (χ1) is 40.4. The molecule has 0 amide bonds. The van der Waals surface area contributed by atoms with E-state index < -0.39 is 0 Å². The largest absolute Gasteiger partial charge is 0.310 e. The molecule has 13 rings (SSSR count). The van der Waals surface area contributed by atoms with Gasteiger partial charge in [-0.05, 0) is 198 Å². The zero-order chi connectivity index (χ0) is 59.5. The molecular formula is C83H80N2. The third-order valence-corrected chi connectivity index (χ3v) is 19.1.